The summed E-state index contributed by atoms with van der Waals surface area (Å²) in [6.07, 6.45) is 3.75. The highest BCUT2D eigenvalue weighted by Gasteiger charge is 1.97. The quantitative estimate of drug-likeness (QED) is 0.531. The van der Waals surface area contributed by atoms with Crippen molar-refractivity contribution in [3.8, 4) is 11.8 Å². The maximum Gasteiger partial charge on any atom is 0.0649 e. The molecule has 0 unspecified atom stereocenters. The Hall–Kier alpha value is -0.750. The minimum Gasteiger partial charge on any atom is -0.269 e. The van der Waals surface area contributed by atoms with E-state index in [4.69, 9.17) is 0 Å². The Kier molecular flexibility index (Phi) is 3.36. The van der Waals surface area contributed by atoms with Gasteiger partial charge in [-0.05, 0) is 13.8 Å². The van der Waals surface area contributed by atoms with Crippen molar-refractivity contribution < 1.29 is 0 Å². The third-order valence-electron chi connectivity index (χ3n) is 1.43. The predicted octanol–water partition coefficient (Wildman–Crippen LogP) is 2.21. The Morgan fingerprint density at radius 3 is 2.92 bits per heavy atom. The fourth-order valence-electron chi connectivity index (χ4n) is 0.820. The summed E-state index contributed by atoms with van der Waals surface area (Å²) >= 11 is 3.24. The van der Waals surface area contributed by atoms with E-state index < -0.39 is 0 Å². The second kappa shape index (κ2) is 4.32. The molecule has 0 aromatic carbocycles. The van der Waals surface area contributed by atoms with Gasteiger partial charge in [0.25, 0.3) is 0 Å². The summed E-state index contributed by atoms with van der Waals surface area (Å²) in [4.78, 5) is 0. The highest BCUT2D eigenvalue weighted by atomic mass is 79.9. The van der Waals surface area contributed by atoms with E-state index >= 15 is 0 Å². The summed E-state index contributed by atoms with van der Waals surface area (Å²) in [5.41, 5.74) is 0.975. The van der Waals surface area contributed by atoms with Gasteiger partial charge in [0, 0.05) is 12.2 Å². The summed E-state index contributed by atoms with van der Waals surface area (Å²) in [6, 6.07) is 0.407. The van der Waals surface area contributed by atoms with E-state index in [0.29, 0.717) is 11.4 Å². The monoisotopic (exact) mass is 226 g/mol. The molecule has 3 heteroatoms. The van der Waals surface area contributed by atoms with Crippen molar-refractivity contribution in [2.75, 3.05) is 5.33 Å². The molecule has 1 aromatic heterocycles. The lowest BCUT2D eigenvalue weighted by Gasteiger charge is -2.01. The average molecular weight is 227 g/mol. The maximum atomic E-state index is 4.17. The molecule has 0 amide bonds. The summed E-state index contributed by atoms with van der Waals surface area (Å²) in [7, 11) is 0. The van der Waals surface area contributed by atoms with Crippen LogP contribution < -0.4 is 0 Å². The summed E-state index contributed by atoms with van der Waals surface area (Å²) in [5, 5.41) is 4.88. The van der Waals surface area contributed by atoms with Crippen molar-refractivity contribution in [2.45, 2.75) is 19.9 Å². The Morgan fingerprint density at radius 2 is 2.42 bits per heavy atom. The highest BCUT2D eigenvalue weighted by molar-refractivity contribution is 9.09. The van der Waals surface area contributed by atoms with Crippen molar-refractivity contribution >= 4 is 15.9 Å². The topological polar surface area (TPSA) is 17.8 Å². The number of hydrogen-bond donors (Lipinski definition) is 0. The van der Waals surface area contributed by atoms with Gasteiger partial charge in [0.05, 0.1) is 17.1 Å². The summed E-state index contributed by atoms with van der Waals surface area (Å²) < 4.78 is 1.90. The molecule has 0 spiro atoms. The Labute approximate surface area is 81.1 Å². The smallest absolute Gasteiger partial charge is 0.0649 e. The fraction of sp³-hybridized carbons (Fsp3) is 0.444. The van der Waals surface area contributed by atoms with Crippen LogP contribution in [0.15, 0.2) is 12.4 Å². The van der Waals surface area contributed by atoms with Crippen molar-refractivity contribution in [3.63, 3.8) is 0 Å². The van der Waals surface area contributed by atoms with Gasteiger partial charge in [-0.25, -0.2) is 0 Å². The van der Waals surface area contributed by atoms with Crippen molar-refractivity contribution in [3.05, 3.63) is 18.0 Å². The van der Waals surface area contributed by atoms with Crippen molar-refractivity contribution in [1.29, 1.82) is 0 Å². The van der Waals surface area contributed by atoms with Crippen LogP contribution in [0.4, 0.5) is 0 Å². The van der Waals surface area contributed by atoms with Gasteiger partial charge >= 0.3 is 0 Å². The molecule has 0 aliphatic heterocycles. The minimum absolute atomic E-state index is 0.407. The van der Waals surface area contributed by atoms with Gasteiger partial charge in [-0.15, -0.1) is 0 Å². The van der Waals surface area contributed by atoms with Crippen LogP contribution in [0.25, 0.3) is 0 Å². The summed E-state index contributed by atoms with van der Waals surface area (Å²) in [5.74, 6) is 5.92. The molecule has 0 bridgehead atoms. The van der Waals surface area contributed by atoms with Crippen LogP contribution >= 0.6 is 15.9 Å². The maximum absolute atomic E-state index is 4.17. The number of nitrogens with zero attached hydrogens (tertiary/aromatic N) is 2. The van der Waals surface area contributed by atoms with Gasteiger partial charge in [-0.2, -0.15) is 5.10 Å². The van der Waals surface area contributed by atoms with Crippen LogP contribution in [0.3, 0.4) is 0 Å². The van der Waals surface area contributed by atoms with E-state index in [2.05, 4.69) is 46.7 Å². The molecule has 0 atom stereocenters. The number of hydrogen-bond acceptors (Lipinski definition) is 1. The first kappa shape index (κ1) is 9.34. The third-order valence-corrected chi connectivity index (χ3v) is 1.71. The lowest BCUT2D eigenvalue weighted by atomic mass is 10.3. The molecule has 1 rings (SSSR count). The van der Waals surface area contributed by atoms with E-state index in [1.54, 1.807) is 6.20 Å². The lowest BCUT2D eigenvalue weighted by Crippen LogP contribution is -1.99. The van der Waals surface area contributed by atoms with Gasteiger partial charge in [0.1, 0.15) is 0 Å². The largest absolute Gasteiger partial charge is 0.269 e. The first-order valence-corrected chi connectivity index (χ1v) is 4.95. The molecule has 0 fully saturated rings. The van der Waals surface area contributed by atoms with E-state index in [-0.39, 0.29) is 0 Å². The van der Waals surface area contributed by atoms with Gasteiger partial charge in [0.15, 0.2) is 0 Å². The molecule has 2 nitrogen and oxygen atoms in total. The number of rotatable bonds is 1. The molecule has 0 saturated carbocycles. The van der Waals surface area contributed by atoms with E-state index in [0.717, 1.165) is 5.56 Å². The fourth-order valence-corrected chi connectivity index (χ4v) is 0.961. The molecule has 0 N–H and O–H groups in total. The molecule has 1 aromatic rings. The minimum atomic E-state index is 0.407. The highest BCUT2D eigenvalue weighted by Crippen LogP contribution is 2.03. The second-order valence-corrected chi connectivity index (χ2v) is 3.30. The molecular weight excluding hydrogens is 216 g/mol. The Morgan fingerprint density at radius 1 is 1.67 bits per heavy atom. The molecule has 0 aliphatic rings. The van der Waals surface area contributed by atoms with Crippen LogP contribution in [0.1, 0.15) is 25.5 Å². The van der Waals surface area contributed by atoms with Gasteiger partial charge in [-0.3, -0.25) is 4.68 Å². The zero-order valence-electron chi connectivity index (χ0n) is 7.21. The van der Waals surface area contributed by atoms with Crippen molar-refractivity contribution in [1.82, 2.24) is 9.78 Å². The van der Waals surface area contributed by atoms with Crippen LogP contribution in [-0.4, -0.2) is 15.1 Å². The number of aromatic nitrogens is 2. The third kappa shape index (κ3) is 2.38. The number of halogens is 1. The average Bonchev–Trinajstić information content (AvgIpc) is 2.48. The Bertz CT molecular complexity index is 304. The molecule has 12 heavy (non-hydrogen) atoms. The van der Waals surface area contributed by atoms with Gasteiger partial charge in [0.2, 0.25) is 0 Å². The normalized spacial score (nSPS) is 9.67. The first-order valence-electron chi connectivity index (χ1n) is 3.83. The molecular formula is C9H11BrN2. The second-order valence-electron chi connectivity index (χ2n) is 2.74. The van der Waals surface area contributed by atoms with Crippen LogP contribution in [0.2, 0.25) is 0 Å². The number of alkyl halides is 1. The Balaban J connectivity index is 2.77. The van der Waals surface area contributed by atoms with Crippen LogP contribution in [-0.2, 0) is 0 Å². The van der Waals surface area contributed by atoms with E-state index in [1.165, 1.54) is 0 Å². The first-order chi connectivity index (χ1) is 5.74. The summed E-state index contributed by atoms with van der Waals surface area (Å²) in [6.45, 7) is 4.18. The van der Waals surface area contributed by atoms with E-state index in [1.807, 2.05) is 10.9 Å². The van der Waals surface area contributed by atoms with Gasteiger partial charge in [-0.1, -0.05) is 27.8 Å². The van der Waals surface area contributed by atoms with Crippen molar-refractivity contribution in [2.24, 2.45) is 0 Å². The molecule has 0 aliphatic carbocycles. The predicted molar refractivity (Wildman–Crippen MR) is 53.3 cm³/mol. The van der Waals surface area contributed by atoms with E-state index in [9.17, 15) is 0 Å². The van der Waals surface area contributed by atoms with Crippen LogP contribution in [0.5, 0.6) is 0 Å². The standard InChI is InChI=1S/C9H11BrN2/c1-8(2)12-7-9(6-11-12)4-3-5-10/h6-8H,5H2,1-2H3. The zero-order valence-corrected chi connectivity index (χ0v) is 8.80. The SMILES string of the molecule is CC(C)n1cc(C#CCBr)cn1. The molecule has 1 heterocycles. The lowest BCUT2D eigenvalue weighted by molar-refractivity contribution is 0.532. The van der Waals surface area contributed by atoms with Gasteiger partial charge < -0.3 is 0 Å². The molecule has 64 valence electrons. The molecule has 0 radical (unpaired) electrons. The molecule has 0 saturated heterocycles. The zero-order chi connectivity index (χ0) is 8.97. The van der Waals surface area contributed by atoms with Crippen LogP contribution in [0, 0.1) is 11.8 Å².